The van der Waals surface area contributed by atoms with Gasteiger partial charge in [0.05, 0.1) is 0 Å². The number of amides is 2. The highest BCUT2D eigenvalue weighted by Gasteiger charge is 2.23. The molecular formula is C14H22N2O3. The molecule has 2 amide bonds. The van der Waals surface area contributed by atoms with Gasteiger partial charge in [-0.25, -0.2) is 4.79 Å². The predicted octanol–water partition coefficient (Wildman–Crippen LogP) is 1.68. The molecule has 1 saturated heterocycles. The van der Waals surface area contributed by atoms with Gasteiger partial charge in [-0.05, 0) is 32.1 Å². The quantitative estimate of drug-likeness (QED) is 0.744. The van der Waals surface area contributed by atoms with Crippen molar-refractivity contribution in [3.05, 3.63) is 0 Å². The number of carboxylic acid groups (broad SMARTS) is 1. The first-order chi connectivity index (χ1) is 9.02. The summed E-state index contributed by atoms with van der Waals surface area (Å²) in [5, 5.41) is 11.5. The van der Waals surface area contributed by atoms with Crippen LogP contribution in [0.3, 0.4) is 0 Å². The number of urea groups is 1. The Kier molecular flexibility index (Phi) is 6.20. The molecule has 0 spiro atoms. The van der Waals surface area contributed by atoms with Crippen molar-refractivity contribution in [3.63, 3.8) is 0 Å². The van der Waals surface area contributed by atoms with E-state index < -0.39 is 5.97 Å². The van der Waals surface area contributed by atoms with E-state index in [0.717, 1.165) is 12.8 Å². The van der Waals surface area contributed by atoms with E-state index in [9.17, 15) is 9.59 Å². The zero-order valence-electron chi connectivity index (χ0n) is 11.4. The van der Waals surface area contributed by atoms with Crippen LogP contribution < -0.4 is 5.32 Å². The lowest BCUT2D eigenvalue weighted by atomic mass is 9.92. The van der Waals surface area contributed by atoms with Gasteiger partial charge in [-0.15, -0.1) is 12.3 Å². The van der Waals surface area contributed by atoms with E-state index >= 15 is 0 Å². The number of nitrogens with one attached hydrogen (secondary N) is 1. The molecule has 0 radical (unpaired) electrons. The molecular weight excluding hydrogens is 244 g/mol. The summed E-state index contributed by atoms with van der Waals surface area (Å²) >= 11 is 0. The number of terminal acetylenes is 1. The summed E-state index contributed by atoms with van der Waals surface area (Å²) in [6, 6.07) is -0.0818. The largest absolute Gasteiger partial charge is 0.481 e. The molecule has 0 saturated carbocycles. The maximum atomic E-state index is 11.9. The molecule has 0 aromatic rings. The number of carbonyl (C=O) groups is 2. The van der Waals surface area contributed by atoms with Gasteiger partial charge in [-0.3, -0.25) is 4.79 Å². The van der Waals surface area contributed by atoms with Crippen molar-refractivity contribution < 1.29 is 14.7 Å². The number of likely N-dealkylation sites (tertiary alicyclic amines) is 1. The lowest BCUT2D eigenvalue weighted by Crippen LogP contribution is -2.47. The second-order valence-corrected chi connectivity index (χ2v) is 5.12. The molecule has 1 fully saturated rings. The number of carboxylic acids is 1. The molecule has 19 heavy (non-hydrogen) atoms. The van der Waals surface area contributed by atoms with E-state index in [4.69, 9.17) is 11.5 Å². The van der Waals surface area contributed by atoms with Crippen LogP contribution in [0, 0.1) is 18.3 Å². The number of nitrogens with zero attached hydrogens (tertiary/aromatic N) is 1. The molecule has 5 nitrogen and oxygen atoms in total. The van der Waals surface area contributed by atoms with Crippen LogP contribution >= 0.6 is 0 Å². The average Bonchev–Trinajstić information content (AvgIpc) is 2.37. The maximum absolute atomic E-state index is 11.9. The zero-order valence-corrected chi connectivity index (χ0v) is 11.4. The Bertz CT molecular complexity index is 354. The number of carbonyl (C=O) groups excluding carboxylic acids is 1. The minimum absolute atomic E-state index is 0.0118. The third-order valence-corrected chi connectivity index (χ3v) is 3.46. The summed E-state index contributed by atoms with van der Waals surface area (Å²) in [6.45, 7) is 3.27. The van der Waals surface area contributed by atoms with Gasteiger partial charge in [0.1, 0.15) is 0 Å². The first-order valence-electron chi connectivity index (χ1n) is 6.73. The monoisotopic (exact) mass is 266 g/mol. The molecule has 1 rings (SSSR count). The van der Waals surface area contributed by atoms with Gasteiger partial charge in [0.25, 0.3) is 0 Å². The Morgan fingerprint density at radius 2 is 2.11 bits per heavy atom. The average molecular weight is 266 g/mol. The Morgan fingerprint density at radius 1 is 1.47 bits per heavy atom. The molecule has 0 bridgehead atoms. The van der Waals surface area contributed by atoms with Crippen molar-refractivity contribution in [2.45, 2.75) is 45.1 Å². The van der Waals surface area contributed by atoms with Crippen molar-refractivity contribution in [2.24, 2.45) is 5.92 Å². The molecule has 1 heterocycles. The summed E-state index contributed by atoms with van der Waals surface area (Å²) in [5.74, 6) is 2.19. The van der Waals surface area contributed by atoms with Crippen molar-refractivity contribution in [2.75, 3.05) is 13.1 Å². The molecule has 5 heteroatoms. The number of piperidine rings is 1. The third-order valence-electron chi connectivity index (χ3n) is 3.46. The van der Waals surface area contributed by atoms with Crippen LogP contribution in [0.15, 0.2) is 0 Å². The van der Waals surface area contributed by atoms with Crippen molar-refractivity contribution in [1.82, 2.24) is 10.2 Å². The number of rotatable bonds is 5. The van der Waals surface area contributed by atoms with Crippen LogP contribution in [0.5, 0.6) is 0 Å². The SMILES string of the molecule is C#CCC(C)NC(=O)N1CCC(CCC(=O)O)CC1. The fourth-order valence-electron chi connectivity index (χ4n) is 2.28. The summed E-state index contributed by atoms with van der Waals surface area (Å²) < 4.78 is 0. The van der Waals surface area contributed by atoms with Gasteiger partial charge >= 0.3 is 12.0 Å². The third kappa shape index (κ3) is 5.64. The normalized spacial score (nSPS) is 17.6. The van der Waals surface area contributed by atoms with Gasteiger partial charge in [0.15, 0.2) is 0 Å². The standard InChI is InChI=1S/C14H22N2O3/c1-3-4-11(2)15-14(19)16-9-7-12(8-10-16)5-6-13(17)18/h1,11-12H,4-10H2,2H3,(H,15,19)(H,17,18). The molecule has 106 valence electrons. The van der Waals surface area contributed by atoms with Crippen LogP contribution in [-0.4, -0.2) is 41.1 Å². The van der Waals surface area contributed by atoms with E-state index in [1.54, 1.807) is 4.90 Å². The summed E-state index contributed by atoms with van der Waals surface area (Å²) in [5.41, 5.74) is 0. The van der Waals surface area contributed by atoms with Gasteiger partial charge in [0.2, 0.25) is 0 Å². The van der Waals surface area contributed by atoms with Gasteiger partial charge in [-0.1, -0.05) is 0 Å². The summed E-state index contributed by atoms with van der Waals surface area (Å²) in [7, 11) is 0. The van der Waals surface area contributed by atoms with Crippen LogP contribution in [0.2, 0.25) is 0 Å². The predicted molar refractivity (Wildman–Crippen MR) is 72.6 cm³/mol. The topological polar surface area (TPSA) is 69.6 Å². The highest BCUT2D eigenvalue weighted by atomic mass is 16.4. The van der Waals surface area contributed by atoms with Crippen LogP contribution in [0.25, 0.3) is 0 Å². The fourth-order valence-corrected chi connectivity index (χ4v) is 2.28. The maximum Gasteiger partial charge on any atom is 0.317 e. The second kappa shape index (κ2) is 7.67. The molecule has 1 unspecified atom stereocenters. The van der Waals surface area contributed by atoms with Gasteiger partial charge in [-0.2, -0.15) is 0 Å². The molecule has 2 N–H and O–H groups in total. The first kappa shape index (κ1) is 15.4. The van der Waals surface area contributed by atoms with Crippen LogP contribution in [0.4, 0.5) is 4.79 Å². The Hall–Kier alpha value is -1.70. The van der Waals surface area contributed by atoms with Crippen molar-refractivity contribution in [1.29, 1.82) is 0 Å². The van der Waals surface area contributed by atoms with Crippen molar-refractivity contribution >= 4 is 12.0 Å². The van der Waals surface area contributed by atoms with Crippen LogP contribution in [0.1, 0.15) is 39.0 Å². The van der Waals surface area contributed by atoms with Gasteiger partial charge < -0.3 is 15.3 Å². The van der Waals surface area contributed by atoms with E-state index in [1.807, 2.05) is 6.92 Å². The Balaban J connectivity index is 2.27. The smallest absolute Gasteiger partial charge is 0.317 e. The highest BCUT2D eigenvalue weighted by molar-refractivity contribution is 5.74. The highest BCUT2D eigenvalue weighted by Crippen LogP contribution is 2.21. The minimum Gasteiger partial charge on any atom is -0.481 e. The summed E-state index contributed by atoms with van der Waals surface area (Å²) in [4.78, 5) is 24.2. The molecule has 0 aromatic carbocycles. The van der Waals surface area contributed by atoms with Crippen LogP contribution in [-0.2, 0) is 4.79 Å². The lowest BCUT2D eigenvalue weighted by Gasteiger charge is -2.32. The lowest BCUT2D eigenvalue weighted by molar-refractivity contribution is -0.137. The van der Waals surface area contributed by atoms with Gasteiger partial charge in [0, 0.05) is 32.0 Å². The molecule has 1 aliphatic rings. The van der Waals surface area contributed by atoms with E-state index in [1.165, 1.54) is 0 Å². The van der Waals surface area contributed by atoms with E-state index in [2.05, 4.69) is 11.2 Å². The van der Waals surface area contributed by atoms with Crippen molar-refractivity contribution in [3.8, 4) is 12.3 Å². The molecule has 1 aliphatic heterocycles. The number of hydrogen-bond donors (Lipinski definition) is 2. The summed E-state index contributed by atoms with van der Waals surface area (Å²) in [6.07, 6.45) is 8.41. The fraction of sp³-hybridized carbons (Fsp3) is 0.714. The Morgan fingerprint density at radius 3 is 2.63 bits per heavy atom. The number of aliphatic carboxylic acids is 1. The molecule has 0 aromatic heterocycles. The first-order valence-corrected chi connectivity index (χ1v) is 6.73. The Labute approximate surface area is 114 Å². The second-order valence-electron chi connectivity index (χ2n) is 5.12. The molecule has 0 aliphatic carbocycles. The number of hydrogen-bond acceptors (Lipinski definition) is 2. The molecule has 1 atom stereocenters. The zero-order chi connectivity index (χ0) is 14.3. The minimum atomic E-state index is -0.747. The van der Waals surface area contributed by atoms with E-state index in [0.29, 0.717) is 31.8 Å². The van der Waals surface area contributed by atoms with E-state index in [-0.39, 0.29) is 18.5 Å².